The van der Waals surface area contributed by atoms with E-state index in [1.165, 1.54) is 109 Å². The van der Waals surface area contributed by atoms with Crippen LogP contribution in [0.5, 0.6) is 46.0 Å². The molecule has 147 heavy (non-hydrogen) atoms. The molecule has 0 radical (unpaired) electrons. The van der Waals surface area contributed by atoms with Crippen LogP contribution < -0.4 is 77.1 Å². The van der Waals surface area contributed by atoms with Gasteiger partial charge in [0.2, 0.25) is 0 Å². The zero-order chi connectivity index (χ0) is 106. The number of nitrogens with zero attached hydrogens (tertiary/aromatic N) is 8. The molecule has 0 fully saturated rings. The van der Waals surface area contributed by atoms with Gasteiger partial charge in [-0.3, -0.25) is 76.7 Å². The first-order chi connectivity index (χ1) is 70.5. The Morgan fingerprint density at radius 1 is 0.211 bits per heavy atom. The lowest BCUT2D eigenvalue weighted by Gasteiger charge is -2.35. The summed E-state index contributed by atoms with van der Waals surface area (Å²) in [6.45, 7) is 34.9. The number of carbonyl (C=O) groups is 16. The number of ether oxygens (including phenoxy) is 8. The fraction of sp³-hybridized carbons (Fsp3) is 0.143. The summed E-state index contributed by atoms with van der Waals surface area (Å²) in [5.41, 5.74) is 2.27. The molecule has 8 aliphatic rings. The Morgan fingerprint density at radius 3 is 0.578 bits per heavy atom. The molecule has 35 heteroatoms. The lowest BCUT2D eigenvalue weighted by atomic mass is 9.75. The highest BCUT2D eigenvalue weighted by Gasteiger charge is 2.55. The molecule has 8 heterocycles. The second-order valence-electron chi connectivity index (χ2n) is 33.1. The van der Waals surface area contributed by atoms with Gasteiger partial charge in [0.15, 0.2) is 0 Å². The molecule has 0 bridgehead atoms. The minimum Gasteiger partial charge on any atom is -0.487 e. The van der Waals surface area contributed by atoms with E-state index >= 15 is 0 Å². The van der Waals surface area contributed by atoms with Gasteiger partial charge in [-0.15, -0.1) is 0 Å². The number of hydrogen-bond donors (Lipinski definition) is 0. The summed E-state index contributed by atoms with van der Waals surface area (Å²) in [4.78, 5) is 205. The van der Waals surface area contributed by atoms with E-state index in [4.69, 9.17) is 37.9 Å². The van der Waals surface area contributed by atoms with Crippen LogP contribution in [0.4, 0.5) is 58.7 Å². The van der Waals surface area contributed by atoms with Gasteiger partial charge in [0.05, 0.1) is 45.5 Å². The number of carbonyl (C=O) groups excluding carboxylic acids is 16. The van der Waals surface area contributed by atoms with Gasteiger partial charge in [-0.05, 0) is 161 Å². The van der Waals surface area contributed by atoms with Crippen LogP contribution in [0.15, 0.2) is 344 Å². The van der Waals surface area contributed by atoms with E-state index in [2.05, 4.69) is 52.6 Å². The molecule has 0 atom stereocenters. The molecular weight excluding hydrogens is 1900 g/mol. The quantitative estimate of drug-likeness (QED) is 0.0254. The highest BCUT2D eigenvalue weighted by atomic mass is 19.4. The lowest BCUT2D eigenvalue weighted by molar-refractivity contribution is -0.173. The normalized spacial score (nSPS) is 15.0. The molecule has 0 saturated carbocycles. The average molecular weight is 1990 g/mol. The Balaban J connectivity index is 0.000000164. The van der Waals surface area contributed by atoms with Crippen LogP contribution in [0, 0.1) is 0 Å². The Labute approximate surface area is 840 Å². The average Bonchev–Trinajstić information content (AvgIpc) is 1.70. The number of imide groups is 8. The largest absolute Gasteiger partial charge is 0.487 e. The SMILES string of the molecule is C=CCOc1cc(Cc2ccc(N3C(=O)C=CC3=O)c(OCC=C)c2)ccc1N1C(=O)C=CC1=O.C=CCOc1ccc(C(C)(C)c2ccc(OCC=C)c(N3C(=O)C=CC3=O)c2)cc1N1C(=O)C=CC1=O.C=CCOc1ccc(C(C)(c2ccc(OCC=C)c(N3C(=O)C=CC3=O)c2)C(F)(F)F)cc1N1C(=O)C=CC1=O.C=CCOc1ccc(Cc2ccc(OCC=C)c(N3C(=O)C=CC3=O)c2)cc1N1C(=O)C=CC1=O. The Kier molecular flexibility index (Phi) is 33.0. The van der Waals surface area contributed by atoms with Crippen LogP contribution in [0.3, 0.4) is 0 Å². The predicted molar refractivity (Wildman–Crippen MR) is 540 cm³/mol. The molecule has 0 saturated heterocycles. The number of alkyl halides is 3. The van der Waals surface area contributed by atoms with Crippen molar-refractivity contribution in [3.63, 3.8) is 0 Å². The van der Waals surface area contributed by atoms with Crippen molar-refractivity contribution in [2.24, 2.45) is 0 Å². The molecule has 8 aromatic carbocycles. The molecule has 0 aliphatic carbocycles. The second kappa shape index (κ2) is 46.1. The topological polar surface area (TPSA) is 373 Å². The molecule has 16 rings (SSSR count). The fourth-order valence-corrected chi connectivity index (χ4v) is 16.0. The number of amides is 16. The van der Waals surface area contributed by atoms with Crippen LogP contribution >= 0.6 is 0 Å². The summed E-state index contributed by atoms with van der Waals surface area (Å²) in [6.07, 6.45) is 26.7. The van der Waals surface area contributed by atoms with E-state index in [0.717, 1.165) is 106 Å². The van der Waals surface area contributed by atoms with Crippen LogP contribution in [0.1, 0.15) is 65.3 Å². The van der Waals surface area contributed by atoms with E-state index in [0.29, 0.717) is 91.3 Å². The van der Waals surface area contributed by atoms with Crippen molar-refractivity contribution in [1.82, 2.24) is 0 Å². The van der Waals surface area contributed by atoms with Gasteiger partial charge in [0, 0.05) is 103 Å². The summed E-state index contributed by atoms with van der Waals surface area (Å²) in [7, 11) is 0. The zero-order valence-corrected chi connectivity index (χ0v) is 79.5. The standard InChI is InChI=1S/C29H23F3N2O6.C29H26N2O6.2C27H22N2O6/c1-4-14-39-22-8-6-18(16-20(22)33-24(35)10-11-25(33)36)28(3,29(30,31)32)19-7-9-23(40-15-5-2)21(17-19)34-26(37)12-13-27(34)38;1-5-15-36-23-9-7-19(17-21(23)30-25(32)11-12-26(30)33)29(3,4)20-8-10-24(37-16-6-2)22(18-20)31-27(34)13-14-28(31)35;1-3-13-34-22-7-5-18(16-20(22)28-24(30)9-10-25(28)31)15-19-6-8-23(35-14-4-2)21(17-19)29-26(32)11-12-27(29)33;1-3-13-34-22-16-18(5-7-20(22)28-24(30)9-10-25(28)31)15-19-6-8-21(23(17-19)35-14-4-2)29-26(32)11-12-27(29)33/h4-13,16-17H,1-2,14-15H2,3H3;5-14,17-18H,1-2,15-16H2,3-4H3;2*3-12,16-17H,1-2,13-15H2. The molecule has 0 aromatic heterocycles. The highest BCUT2D eigenvalue weighted by molar-refractivity contribution is 6.34. The first kappa shape index (κ1) is 105. The first-order valence-corrected chi connectivity index (χ1v) is 45.0. The molecule has 16 amide bonds. The predicted octanol–water partition coefficient (Wildman–Crippen LogP) is 15.1. The summed E-state index contributed by atoms with van der Waals surface area (Å²) in [5, 5.41) is 0. The van der Waals surface area contributed by atoms with Gasteiger partial charge in [-0.2, -0.15) is 13.2 Å². The van der Waals surface area contributed by atoms with Crippen molar-refractivity contribution in [2.45, 2.75) is 50.6 Å². The number of rotatable bonds is 40. The Hall–Kier alpha value is -19.1. The summed E-state index contributed by atoms with van der Waals surface area (Å²) < 4.78 is 90.3. The molecule has 8 aliphatic heterocycles. The summed E-state index contributed by atoms with van der Waals surface area (Å²) in [6, 6.07) is 38.3. The first-order valence-electron chi connectivity index (χ1n) is 45.0. The summed E-state index contributed by atoms with van der Waals surface area (Å²) >= 11 is 0. The molecule has 0 spiro atoms. The third-order valence-corrected chi connectivity index (χ3v) is 23.2. The van der Waals surface area contributed by atoms with Gasteiger partial charge >= 0.3 is 6.18 Å². The molecule has 32 nitrogen and oxygen atoms in total. The summed E-state index contributed by atoms with van der Waals surface area (Å²) in [5.74, 6) is -6.26. The number of hydrogen-bond acceptors (Lipinski definition) is 24. The van der Waals surface area contributed by atoms with Crippen LogP contribution in [-0.4, -0.2) is 154 Å². The van der Waals surface area contributed by atoms with Gasteiger partial charge in [-0.25, -0.2) is 39.2 Å². The third kappa shape index (κ3) is 22.9. The third-order valence-electron chi connectivity index (χ3n) is 23.2. The van der Waals surface area contributed by atoms with Crippen molar-refractivity contribution < 1.29 is 128 Å². The highest BCUT2D eigenvalue weighted by Crippen LogP contribution is 2.52. The second-order valence-corrected chi connectivity index (χ2v) is 33.1. The Morgan fingerprint density at radius 2 is 0.374 bits per heavy atom. The van der Waals surface area contributed by atoms with E-state index in [1.807, 2.05) is 38.1 Å². The van der Waals surface area contributed by atoms with Crippen LogP contribution in [0.2, 0.25) is 0 Å². The minimum atomic E-state index is -4.93. The van der Waals surface area contributed by atoms with E-state index < -0.39 is 112 Å². The van der Waals surface area contributed by atoms with E-state index in [-0.39, 0.29) is 86.9 Å². The van der Waals surface area contributed by atoms with Gasteiger partial charge < -0.3 is 37.9 Å². The van der Waals surface area contributed by atoms with Gasteiger partial charge in [-0.1, -0.05) is 164 Å². The van der Waals surface area contributed by atoms with Crippen molar-refractivity contribution in [3.05, 3.63) is 389 Å². The van der Waals surface area contributed by atoms with Crippen molar-refractivity contribution in [1.29, 1.82) is 0 Å². The van der Waals surface area contributed by atoms with E-state index in [1.54, 1.807) is 121 Å². The van der Waals surface area contributed by atoms with Crippen LogP contribution in [-0.2, 0) is 100 Å². The van der Waals surface area contributed by atoms with Crippen molar-refractivity contribution in [3.8, 4) is 46.0 Å². The molecule has 0 N–H and O–H groups in total. The molecular formula is C112H93F3N8O24. The fourth-order valence-electron chi connectivity index (χ4n) is 16.0. The smallest absolute Gasteiger partial charge is 0.402 e. The molecule has 746 valence electrons. The molecule has 0 unspecified atom stereocenters. The molecule has 8 aromatic rings. The van der Waals surface area contributed by atoms with Crippen LogP contribution in [0.25, 0.3) is 0 Å². The lowest BCUT2D eigenvalue weighted by Crippen LogP contribution is -2.41. The monoisotopic (exact) mass is 1990 g/mol. The number of benzene rings is 8. The van der Waals surface area contributed by atoms with Gasteiger partial charge in [0.1, 0.15) is 104 Å². The van der Waals surface area contributed by atoms with E-state index in [9.17, 15) is 89.9 Å². The minimum absolute atomic E-state index is 0.00762. The van der Waals surface area contributed by atoms with Crippen molar-refractivity contribution >= 4 is 140 Å². The maximum atomic E-state index is 15.0. The van der Waals surface area contributed by atoms with Gasteiger partial charge in [0.25, 0.3) is 94.5 Å². The Bertz CT molecular complexity index is 6620. The van der Waals surface area contributed by atoms with Crippen molar-refractivity contribution in [2.75, 3.05) is 92.1 Å². The maximum Gasteiger partial charge on any atom is 0.402 e. The number of halogens is 3. The number of anilines is 8. The maximum absolute atomic E-state index is 15.0. The zero-order valence-electron chi connectivity index (χ0n) is 79.5.